The van der Waals surface area contributed by atoms with Gasteiger partial charge in [0.1, 0.15) is 0 Å². The van der Waals surface area contributed by atoms with E-state index in [9.17, 15) is 16.8 Å². The van der Waals surface area contributed by atoms with Crippen LogP contribution in [-0.2, 0) is 20.2 Å². The maximum Gasteiger partial charge on any atom is 0.284 e. The fourth-order valence-electron chi connectivity index (χ4n) is 1.54. The third kappa shape index (κ3) is 7.69. The highest BCUT2D eigenvalue weighted by Gasteiger charge is 2.34. The zero-order valence-corrected chi connectivity index (χ0v) is 11.5. The second kappa shape index (κ2) is 7.30. The standard InChI is InChI=1S/C9H20O6S2/c1-2-3-4-5-6-7-8-9(16(10,11)12)17(13,14)15/h9H,2-8H2,1H3,(H,10,11,12)(H,13,14,15). The van der Waals surface area contributed by atoms with Crippen LogP contribution in [0.3, 0.4) is 0 Å². The lowest BCUT2D eigenvalue weighted by Crippen LogP contribution is -2.29. The Bertz CT molecular complexity index is 365. The minimum absolute atomic E-state index is 0.274. The zero-order valence-electron chi connectivity index (χ0n) is 9.87. The van der Waals surface area contributed by atoms with Crippen molar-refractivity contribution in [2.24, 2.45) is 0 Å². The van der Waals surface area contributed by atoms with Gasteiger partial charge in [-0.2, -0.15) is 16.8 Å². The predicted molar refractivity (Wildman–Crippen MR) is 64.9 cm³/mol. The van der Waals surface area contributed by atoms with E-state index in [2.05, 4.69) is 6.92 Å². The van der Waals surface area contributed by atoms with Gasteiger partial charge < -0.3 is 0 Å². The van der Waals surface area contributed by atoms with E-state index in [4.69, 9.17) is 9.11 Å². The van der Waals surface area contributed by atoms with Gasteiger partial charge in [0.25, 0.3) is 20.2 Å². The summed E-state index contributed by atoms with van der Waals surface area (Å²) in [5.41, 5.74) is 0. The maximum absolute atomic E-state index is 10.8. The molecule has 0 bridgehead atoms. The van der Waals surface area contributed by atoms with E-state index in [0.29, 0.717) is 12.8 Å². The molecule has 0 spiro atoms. The fourth-order valence-corrected chi connectivity index (χ4v) is 3.70. The molecule has 17 heavy (non-hydrogen) atoms. The average molecular weight is 288 g/mol. The van der Waals surface area contributed by atoms with Crippen LogP contribution in [0, 0.1) is 0 Å². The lowest BCUT2D eigenvalue weighted by molar-refractivity contribution is 0.446. The zero-order chi connectivity index (χ0) is 13.5. The van der Waals surface area contributed by atoms with Crippen LogP contribution in [0.15, 0.2) is 0 Å². The molecular weight excluding hydrogens is 268 g/mol. The average Bonchev–Trinajstić information content (AvgIpc) is 2.12. The molecule has 0 aliphatic rings. The minimum atomic E-state index is -4.76. The molecule has 0 unspecified atom stereocenters. The van der Waals surface area contributed by atoms with E-state index in [1.54, 1.807) is 0 Å². The fraction of sp³-hybridized carbons (Fsp3) is 1.00. The van der Waals surface area contributed by atoms with Crippen LogP contribution in [0.25, 0.3) is 0 Å². The van der Waals surface area contributed by atoms with Crippen molar-refractivity contribution >= 4 is 20.2 Å². The first-order valence-electron chi connectivity index (χ1n) is 5.62. The first-order chi connectivity index (χ1) is 7.69. The Balaban J connectivity index is 4.14. The van der Waals surface area contributed by atoms with Crippen LogP contribution >= 0.6 is 0 Å². The molecule has 104 valence electrons. The molecule has 0 atom stereocenters. The Hall–Kier alpha value is -0.180. The molecule has 8 heteroatoms. The van der Waals surface area contributed by atoms with Crippen LogP contribution in [0.2, 0.25) is 0 Å². The van der Waals surface area contributed by atoms with Crippen LogP contribution in [-0.4, -0.2) is 30.5 Å². The molecule has 2 N–H and O–H groups in total. The van der Waals surface area contributed by atoms with Gasteiger partial charge in [0.05, 0.1) is 0 Å². The Kier molecular flexibility index (Phi) is 7.22. The van der Waals surface area contributed by atoms with Gasteiger partial charge >= 0.3 is 0 Å². The van der Waals surface area contributed by atoms with Crippen molar-refractivity contribution in [3.8, 4) is 0 Å². The number of unbranched alkanes of at least 4 members (excludes halogenated alkanes) is 5. The predicted octanol–water partition coefficient (Wildman–Crippen LogP) is 1.84. The molecular formula is C9H20O6S2. The lowest BCUT2D eigenvalue weighted by atomic mass is 10.1. The van der Waals surface area contributed by atoms with Crippen molar-refractivity contribution in [1.29, 1.82) is 0 Å². The molecule has 0 saturated heterocycles. The van der Waals surface area contributed by atoms with Gasteiger partial charge in [-0.1, -0.05) is 45.4 Å². The first kappa shape index (κ1) is 16.8. The molecule has 0 fully saturated rings. The van der Waals surface area contributed by atoms with Crippen LogP contribution in [0.4, 0.5) is 0 Å². The summed E-state index contributed by atoms with van der Waals surface area (Å²) in [4.78, 5) is 0. The van der Waals surface area contributed by atoms with Gasteiger partial charge in [-0.05, 0) is 6.42 Å². The second-order valence-corrected chi connectivity index (χ2v) is 7.51. The van der Waals surface area contributed by atoms with E-state index in [1.165, 1.54) is 0 Å². The largest absolute Gasteiger partial charge is 0.284 e. The molecule has 0 heterocycles. The molecule has 0 aliphatic heterocycles. The Morgan fingerprint density at radius 2 is 1.24 bits per heavy atom. The highest BCUT2D eigenvalue weighted by atomic mass is 32.3. The summed E-state index contributed by atoms with van der Waals surface area (Å²) in [5, 5.41) is 0. The van der Waals surface area contributed by atoms with Crippen molar-refractivity contribution < 1.29 is 25.9 Å². The van der Waals surface area contributed by atoms with Crippen molar-refractivity contribution in [3.63, 3.8) is 0 Å². The van der Waals surface area contributed by atoms with Crippen molar-refractivity contribution in [3.05, 3.63) is 0 Å². The van der Waals surface area contributed by atoms with Crippen LogP contribution in [0.1, 0.15) is 51.9 Å². The van der Waals surface area contributed by atoms with Gasteiger partial charge in [-0.25, -0.2) is 0 Å². The molecule has 0 aromatic rings. The normalized spacial score (nSPS) is 13.2. The van der Waals surface area contributed by atoms with Crippen LogP contribution in [0.5, 0.6) is 0 Å². The van der Waals surface area contributed by atoms with Gasteiger partial charge in [0.2, 0.25) is 4.58 Å². The summed E-state index contributed by atoms with van der Waals surface area (Å²) in [6.45, 7) is 2.06. The van der Waals surface area contributed by atoms with E-state index in [0.717, 1.165) is 25.7 Å². The van der Waals surface area contributed by atoms with E-state index < -0.39 is 24.8 Å². The Morgan fingerprint density at radius 1 is 0.824 bits per heavy atom. The molecule has 0 saturated carbocycles. The summed E-state index contributed by atoms with van der Waals surface area (Å²) in [7, 11) is -9.52. The summed E-state index contributed by atoms with van der Waals surface area (Å²) in [5.74, 6) is 0. The number of rotatable bonds is 9. The number of hydrogen-bond acceptors (Lipinski definition) is 4. The van der Waals surface area contributed by atoms with E-state index >= 15 is 0 Å². The molecule has 0 radical (unpaired) electrons. The summed E-state index contributed by atoms with van der Waals surface area (Å²) in [6, 6.07) is 0. The second-order valence-electron chi connectivity index (χ2n) is 4.02. The smallest absolute Gasteiger partial charge is 0.284 e. The molecule has 0 amide bonds. The third-order valence-electron chi connectivity index (χ3n) is 2.46. The van der Waals surface area contributed by atoms with Crippen molar-refractivity contribution in [1.82, 2.24) is 0 Å². The monoisotopic (exact) mass is 288 g/mol. The highest BCUT2D eigenvalue weighted by Crippen LogP contribution is 2.16. The van der Waals surface area contributed by atoms with Gasteiger partial charge in [-0.15, -0.1) is 0 Å². The highest BCUT2D eigenvalue weighted by molar-refractivity contribution is 8.03. The molecule has 0 aliphatic carbocycles. The van der Waals surface area contributed by atoms with Gasteiger partial charge in [0.15, 0.2) is 0 Å². The van der Waals surface area contributed by atoms with E-state index in [-0.39, 0.29) is 6.42 Å². The lowest BCUT2D eigenvalue weighted by Gasteiger charge is -2.10. The Morgan fingerprint density at radius 3 is 1.65 bits per heavy atom. The topological polar surface area (TPSA) is 109 Å². The van der Waals surface area contributed by atoms with Crippen molar-refractivity contribution in [2.45, 2.75) is 56.5 Å². The summed E-state index contributed by atoms with van der Waals surface area (Å²) in [6.07, 6.45) is 4.81. The quantitative estimate of drug-likeness (QED) is 0.495. The molecule has 6 nitrogen and oxygen atoms in total. The SMILES string of the molecule is CCCCCCCCC(S(=O)(=O)O)S(=O)(=O)O. The molecule has 0 aromatic carbocycles. The Labute approximate surface area is 103 Å². The third-order valence-corrected chi connectivity index (χ3v) is 5.72. The summed E-state index contributed by atoms with van der Waals surface area (Å²) >= 11 is 0. The summed E-state index contributed by atoms with van der Waals surface area (Å²) < 4.78 is 58.3. The minimum Gasteiger partial charge on any atom is -0.284 e. The van der Waals surface area contributed by atoms with Crippen molar-refractivity contribution in [2.75, 3.05) is 0 Å². The van der Waals surface area contributed by atoms with E-state index in [1.807, 2.05) is 0 Å². The molecule has 0 rings (SSSR count). The van der Waals surface area contributed by atoms with Gasteiger partial charge in [0, 0.05) is 0 Å². The van der Waals surface area contributed by atoms with Crippen LogP contribution < -0.4 is 0 Å². The van der Waals surface area contributed by atoms with Gasteiger partial charge in [-0.3, -0.25) is 9.11 Å². The number of hydrogen-bond donors (Lipinski definition) is 2. The maximum atomic E-state index is 10.8. The first-order valence-corrected chi connectivity index (χ1v) is 8.63. The molecule has 0 aromatic heterocycles.